The smallest absolute Gasteiger partial charge is 0.416 e. The average molecular weight is 575 g/mol. The quantitative estimate of drug-likeness (QED) is 0.155. The van der Waals surface area contributed by atoms with Crippen LogP contribution in [0.4, 0.5) is 23.7 Å². The van der Waals surface area contributed by atoms with Crippen LogP contribution in [0.25, 0.3) is 6.08 Å². The van der Waals surface area contributed by atoms with Crippen molar-refractivity contribution in [3.63, 3.8) is 0 Å². The van der Waals surface area contributed by atoms with Gasteiger partial charge < -0.3 is 14.2 Å². The van der Waals surface area contributed by atoms with Crippen LogP contribution in [0, 0.1) is 17.0 Å². The van der Waals surface area contributed by atoms with Gasteiger partial charge in [0.2, 0.25) is 5.75 Å². The second-order valence-corrected chi connectivity index (χ2v) is 9.44. The highest BCUT2D eigenvalue weighted by Gasteiger charge is 2.35. The van der Waals surface area contributed by atoms with Gasteiger partial charge in [-0.15, -0.1) is 0 Å². The first-order valence-corrected chi connectivity index (χ1v) is 12.4. The van der Waals surface area contributed by atoms with Crippen molar-refractivity contribution < 1.29 is 41.9 Å². The van der Waals surface area contributed by atoms with E-state index in [0.717, 1.165) is 28.3 Å². The number of nitrogens with zero attached hydrogens (tertiary/aromatic N) is 2. The molecular weight excluding hydrogens is 553 g/mol. The number of benzene rings is 3. The summed E-state index contributed by atoms with van der Waals surface area (Å²) in [5.41, 5.74) is -0.603. The van der Waals surface area contributed by atoms with Gasteiger partial charge in [0.05, 0.1) is 29.0 Å². The Hall–Kier alpha value is -4.52. The number of methoxy groups -OCH3 is 1. The predicted octanol–water partition coefficient (Wildman–Crippen LogP) is 6.84. The fourth-order valence-electron chi connectivity index (χ4n) is 3.70. The molecule has 40 heavy (non-hydrogen) atoms. The van der Waals surface area contributed by atoms with E-state index in [4.69, 9.17) is 14.2 Å². The molecule has 1 aliphatic rings. The van der Waals surface area contributed by atoms with Crippen LogP contribution >= 0.6 is 11.8 Å². The SMILES string of the molecule is COc1cc(/C=C2\SC(=O)N(CCOc3cccc(C)c3)C2=O)ccc1Oc1ccc(C(F)(F)F)cc1[N+](=O)[O-]. The Balaban J connectivity index is 1.49. The Morgan fingerprint density at radius 3 is 2.45 bits per heavy atom. The Kier molecular flexibility index (Phi) is 8.33. The summed E-state index contributed by atoms with van der Waals surface area (Å²) in [6, 6.07) is 13.6. The number of imide groups is 1. The largest absolute Gasteiger partial charge is 0.493 e. The summed E-state index contributed by atoms with van der Waals surface area (Å²) in [5, 5.41) is 10.9. The molecule has 0 unspecified atom stereocenters. The zero-order valence-electron chi connectivity index (χ0n) is 21.1. The zero-order chi connectivity index (χ0) is 29.0. The summed E-state index contributed by atoms with van der Waals surface area (Å²) in [6.07, 6.45) is -3.30. The van der Waals surface area contributed by atoms with Crippen LogP contribution in [-0.2, 0) is 11.0 Å². The molecule has 1 heterocycles. The summed E-state index contributed by atoms with van der Waals surface area (Å²) in [7, 11) is 1.30. The van der Waals surface area contributed by atoms with E-state index in [9.17, 15) is 32.9 Å². The van der Waals surface area contributed by atoms with Crippen LogP contribution in [0.2, 0.25) is 0 Å². The lowest BCUT2D eigenvalue weighted by atomic mass is 10.1. The molecule has 0 N–H and O–H groups in total. The van der Waals surface area contributed by atoms with Gasteiger partial charge in [-0.3, -0.25) is 24.6 Å². The van der Waals surface area contributed by atoms with Gasteiger partial charge in [0.1, 0.15) is 12.4 Å². The van der Waals surface area contributed by atoms with E-state index in [1.54, 1.807) is 6.07 Å². The first-order chi connectivity index (χ1) is 19.0. The molecule has 3 aromatic carbocycles. The van der Waals surface area contributed by atoms with E-state index in [1.807, 2.05) is 25.1 Å². The lowest BCUT2D eigenvalue weighted by molar-refractivity contribution is -0.385. The summed E-state index contributed by atoms with van der Waals surface area (Å²) < 4.78 is 55.4. The lowest BCUT2D eigenvalue weighted by Crippen LogP contribution is -2.32. The highest BCUT2D eigenvalue weighted by Crippen LogP contribution is 2.41. The molecule has 1 fully saturated rings. The standard InChI is InChI=1S/C27H21F3N2O7S/c1-16-4-3-5-19(12-16)38-11-10-31-25(33)24(40-26(31)34)14-17-6-8-22(23(13-17)37-2)39-21-9-7-18(27(28,29)30)15-20(21)32(35)36/h3-9,12-15H,10-11H2,1-2H3/b24-14-. The van der Waals surface area contributed by atoms with Gasteiger partial charge in [0, 0.05) is 6.07 Å². The number of alkyl halides is 3. The molecular formula is C27H21F3N2O7S. The van der Waals surface area contributed by atoms with Crippen molar-refractivity contribution in [3.05, 3.63) is 92.4 Å². The summed E-state index contributed by atoms with van der Waals surface area (Å²) >= 11 is 0.758. The number of nitro groups is 1. The number of amides is 2. The number of halogens is 3. The molecule has 0 spiro atoms. The van der Waals surface area contributed by atoms with E-state index < -0.39 is 39.2 Å². The van der Waals surface area contributed by atoms with E-state index in [2.05, 4.69) is 0 Å². The van der Waals surface area contributed by atoms with Gasteiger partial charge >= 0.3 is 11.9 Å². The average Bonchev–Trinajstić information content (AvgIpc) is 3.16. The number of hydrogen-bond acceptors (Lipinski definition) is 8. The monoisotopic (exact) mass is 574 g/mol. The maximum Gasteiger partial charge on any atom is 0.416 e. The molecule has 9 nitrogen and oxygen atoms in total. The molecule has 0 bridgehead atoms. The fraction of sp³-hybridized carbons (Fsp3) is 0.185. The molecule has 13 heteroatoms. The minimum Gasteiger partial charge on any atom is -0.493 e. The van der Waals surface area contributed by atoms with Gasteiger partial charge in [0.25, 0.3) is 11.1 Å². The zero-order valence-corrected chi connectivity index (χ0v) is 21.9. The Morgan fingerprint density at radius 2 is 1.77 bits per heavy atom. The highest BCUT2D eigenvalue weighted by atomic mass is 32.2. The van der Waals surface area contributed by atoms with Gasteiger partial charge in [-0.25, -0.2) is 0 Å². The van der Waals surface area contributed by atoms with Crippen molar-refractivity contribution in [2.45, 2.75) is 13.1 Å². The molecule has 0 radical (unpaired) electrons. The van der Waals surface area contributed by atoms with Crippen LogP contribution in [0.15, 0.2) is 65.6 Å². The molecule has 4 rings (SSSR count). The first kappa shape index (κ1) is 28.5. The van der Waals surface area contributed by atoms with Crippen molar-refractivity contribution in [2.75, 3.05) is 20.3 Å². The molecule has 0 aromatic heterocycles. The number of rotatable bonds is 9. The number of ether oxygens (including phenoxy) is 3. The number of nitro benzene ring substituents is 1. The Morgan fingerprint density at radius 1 is 1.02 bits per heavy atom. The Labute approximate surface area is 230 Å². The van der Waals surface area contributed by atoms with Gasteiger partial charge in [0.15, 0.2) is 11.5 Å². The minimum absolute atomic E-state index is 0.0103. The maximum atomic E-state index is 13.0. The lowest BCUT2D eigenvalue weighted by Gasteiger charge is -2.13. The second-order valence-electron chi connectivity index (χ2n) is 8.45. The maximum absolute atomic E-state index is 13.0. The molecule has 0 saturated carbocycles. The van der Waals surface area contributed by atoms with Crippen LogP contribution < -0.4 is 14.2 Å². The highest BCUT2D eigenvalue weighted by molar-refractivity contribution is 8.18. The second kappa shape index (κ2) is 11.7. The first-order valence-electron chi connectivity index (χ1n) is 11.6. The van der Waals surface area contributed by atoms with Crippen LogP contribution in [-0.4, -0.2) is 41.2 Å². The molecule has 1 aliphatic heterocycles. The van der Waals surface area contributed by atoms with E-state index >= 15 is 0 Å². The van der Waals surface area contributed by atoms with Gasteiger partial charge in [-0.05, 0) is 72.3 Å². The van der Waals surface area contributed by atoms with Gasteiger partial charge in [-0.2, -0.15) is 13.2 Å². The number of carbonyl (C=O) groups excluding carboxylic acids is 2. The topological polar surface area (TPSA) is 108 Å². The van der Waals surface area contributed by atoms with Crippen molar-refractivity contribution in [1.82, 2.24) is 4.90 Å². The number of thioether (sulfide) groups is 1. The van der Waals surface area contributed by atoms with E-state index in [1.165, 1.54) is 31.4 Å². The van der Waals surface area contributed by atoms with Crippen molar-refractivity contribution >= 4 is 34.7 Å². The number of carbonyl (C=O) groups is 2. The Bertz CT molecular complexity index is 1510. The van der Waals surface area contributed by atoms with Crippen molar-refractivity contribution in [3.8, 4) is 23.0 Å². The molecule has 208 valence electrons. The minimum atomic E-state index is -4.77. The van der Waals surface area contributed by atoms with Crippen LogP contribution in [0.3, 0.4) is 0 Å². The molecule has 0 aliphatic carbocycles. The predicted molar refractivity (Wildman–Crippen MR) is 141 cm³/mol. The summed E-state index contributed by atoms with van der Waals surface area (Å²) in [4.78, 5) is 36.9. The third-order valence-electron chi connectivity index (χ3n) is 5.64. The third kappa shape index (κ3) is 6.54. The fourth-order valence-corrected chi connectivity index (χ4v) is 4.57. The van der Waals surface area contributed by atoms with Crippen molar-refractivity contribution in [2.24, 2.45) is 0 Å². The summed E-state index contributed by atoms with van der Waals surface area (Å²) in [6.45, 7) is 2.09. The van der Waals surface area contributed by atoms with Crippen LogP contribution in [0.1, 0.15) is 16.7 Å². The molecule has 1 saturated heterocycles. The summed E-state index contributed by atoms with van der Waals surface area (Å²) in [5.74, 6) is -0.211. The number of aryl methyl sites for hydroxylation is 1. The van der Waals surface area contributed by atoms with E-state index in [0.29, 0.717) is 23.4 Å². The normalized spacial score (nSPS) is 14.5. The van der Waals surface area contributed by atoms with Crippen LogP contribution in [0.5, 0.6) is 23.0 Å². The number of hydrogen-bond donors (Lipinski definition) is 0. The third-order valence-corrected chi connectivity index (χ3v) is 6.54. The van der Waals surface area contributed by atoms with Gasteiger partial charge in [-0.1, -0.05) is 18.2 Å². The van der Waals surface area contributed by atoms with Crippen molar-refractivity contribution in [1.29, 1.82) is 0 Å². The molecule has 0 atom stereocenters. The molecule has 2 amide bonds. The van der Waals surface area contributed by atoms with E-state index in [-0.39, 0.29) is 29.6 Å². The molecule has 3 aromatic rings.